The SMILES string of the molecule is Cl.Cl.Clc1ccc(N2C[C@H]3CCN[C@H]3C2)cn1. The molecule has 0 radical (unpaired) electrons. The number of hydrogen-bond donors (Lipinski definition) is 1. The van der Waals surface area contributed by atoms with E-state index in [1.54, 1.807) is 0 Å². The van der Waals surface area contributed by atoms with Crippen molar-refractivity contribution in [2.45, 2.75) is 12.5 Å². The lowest BCUT2D eigenvalue weighted by molar-refractivity contribution is 0.556. The number of rotatable bonds is 1. The quantitative estimate of drug-likeness (QED) is 0.807. The van der Waals surface area contributed by atoms with E-state index < -0.39 is 0 Å². The zero-order valence-corrected chi connectivity index (χ0v) is 11.7. The average molecular weight is 297 g/mol. The fourth-order valence-corrected chi connectivity index (χ4v) is 2.73. The molecule has 3 heterocycles. The molecule has 0 aromatic carbocycles. The van der Waals surface area contributed by atoms with Crippen molar-refractivity contribution in [1.82, 2.24) is 10.3 Å². The lowest BCUT2D eigenvalue weighted by atomic mass is 10.1. The Labute approximate surface area is 119 Å². The molecule has 0 saturated carbocycles. The van der Waals surface area contributed by atoms with E-state index in [-0.39, 0.29) is 24.8 Å². The van der Waals surface area contributed by atoms with Gasteiger partial charge in [-0.25, -0.2) is 4.98 Å². The summed E-state index contributed by atoms with van der Waals surface area (Å²) in [5, 5.41) is 4.11. The fourth-order valence-electron chi connectivity index (χ4n) is 2.62. The number of aromatic nitrogens is 1. The highest BCUT2D eigenvalue weighted by Crippen LogP contribution is 2.28. The molecular weight excluding hydrogens is 281 g/mol. The van der Waals surface area contributed by atoms with Gasteiger partial charge in [0.05, 0.1) is 11.9 Å². The molecule has 2 atom stereocenters. The van der Waals surface area contributed by atoms with Crippen molar-refractivity contribution in [3.8, 4) is 0 Å². The lowest BCUT2D eigenvalue weighted by Gasteiger charge is -2.18. The summed E-state index contributed by atoms with van der Waals surface area (Å²) in [5.41, 5.74) is 1.19. The maximum Gasteiger partial charge on any atom is 0.129 e. The molecule has 2 aliphatic heterocycles. The molecule has 96 valence electrons. The summed E-state index contributed by atoms with van der Waals surface area (Å²) in [6.45, 7) is 3.44. The van der Waals surface area contributed by atoms with Crippen LogP contribution in [0.2, 0.25) is 5.15 Å². The molecule has 0 amide bonds. The summed E-state index contributed by atoms with van der Waals surface area (Å²) in [5.74, 6) is 0.820. The van der Waals surface area contributed by atoms with Gasteiger partial charge in [-0.3, -0.25) is 0 Å². The van der Waals surface area contributed by atoms with Crippen LogP contribution < -0.4 is 10.2 Å². The predicted octanol–water partition coefficient (Wildman–Crippen LogP) is 2.38. The third kappa shape index (κ3) is 2.97. The van der Waals surface area contributed by atoms with Crippen molar-refractivity contribution in [3.05, 3.63) is 23.5 Å². The third-order valence-electron chi connectivity index (χ3n) is 3.44. The monoisotopic (exact) mass is 295 g/mol. The number of nitrogens with zero attached hydrogens (tertiary/aromatic N) is 2. The fraction of sp³-hybridized carbons (Fsp3) is 0.545. The molecule has 3 rings (SSSR count). The highest BCUT2D eigenvalue weighted by atomic mass is 35.5. The number of hydrogen-bond acceptors (Lipinski definition) is 3. The molecule has 1 aromatic rings. The van der Waals surface area contributed by atoms with Crippen molar-refractivity contribution < 1.29 is 0 Å². The largest absolute Gasteiger partial charge is 0.368 e. The molecule has 3 nitrogen and oxygen atoms in total. The van der Waals surface area contributed by atoms with Gasteiger partial charge in [0.25, 0.3) is 0 Å². The van der Waals surface area contributed by atoms with Crippen LogP contribution in [0, 0.1) is 5.92 Å². The molecule has 0 unspecified atom stereocenters. The van der Waals surface area contributed by atoms with Crippen LogP contribution in [0.5, 0.6) is 0 Å². The Kier molecular flexibility index (Phi) is 5.32. The van der Waals surface area contributed by atoms with Gasteiger partial charge in [-0.05, 0) is 31.0 Å². The molecule has 0 spiro atoms. The molecule has 2 fully saturated rings. The second-order valence-corrected chi connectivity index (χ2v) is 4.74. The first-order valence-corrected chi connectivity index (χ1v) is 5.80. The Morgan fingerprint density at radius 3 is 2.76 bits per heavy atom. The van der Waals surface area contributed by atoms with E-state index in [0.29, 0.717) is 11.2 Å². The van der Waals surface area contributed by atoms with Gasteiger partial charge in [0.15, 0.2) is 0 Å². The van der Waals surface area contributed by atoms with Gasteiger partial charge in [-0.1, -0.05) is 11.6 Å². The topological polar surface area (TPSA) is 28.2 Å². The smallest absolute Gasteiger partial charge is 0.129 e. The number of halogens is 3. The normalized spacial score (nSPS) is 26.1. The number of fused-ring (bicyclic) bond motifs is 1. The van der Waals surface area contributed by atoms with E-state index in [4.69, 9.17) is 11.6 Å². The number of anilines is 1. The Morgan fingerprint density at radius 2 is 2.12 bits per heavy atom. The van der Waals surface area contributed by atoms with Crippen LogP contribution in [0.3, 0.4) is 0 Å². The Balaban J connectivity index is 0.000000722. The summed E-state index contributed by atoms with van der Waals surface area (Å²) in [4.78, 5) is 6.51. The second kappa shape index (κ2) is 6.10. The van der Waals surface area contributed by atoms with E-state index in [9.17, 15) is 0 Å². The van der Waals surface area contributed by atoms with Gasteiger partial charge in [-0.2, -0.15) is 0 Å². The van der Waals surface area contributed by atoms with Crippen LogP contribution in [-0.4, -0.2) is 30.7 Å². The van der Waals surface area contributed by atoms with Gasteiger partial charge in [0.2, 0.25) is 0 Å². The third-order valence-corrected chi connectivity index (χ3v) is 3.66. The van der Waals surface area contributed by atoms with E-state index in [1.807, 2.05) is 12.3 Å². The minimum atomic E-state index is 0. The van der Waals surface area contributed by atoms with Gasteiger partial charge >= 0.3 is 0 Å². The van der Waals surface area contributed by atoms with Crippen LogP contribution in [0.1, 0.15) is 6.42 Å². The molecule has 17 heavy (non-hydrogen) atoms. The van der Waals surface area contributed by atoms with Crippen molar-refractivity contribution in [2.24, 2.45) is 5.92 Å². The van der Waals surface area contributed by atoms with Gasteiger partial charge in [0, 0.05) is 19.1 Å². The van der Waals surface area contributed by atoms with Crippen LogP contribution in [0.25, 0.3) is 0 Å². The molecule has 2 saturated heterocycles. The molecule has 0 bridgehead atoms. The number of pyridine rings is 1. The minimum Gasteiger partial charge on any atom is -0.368 e. The molecule has 0 aliphatic carbocycles. The summed E-state index contributed by atoms with van der Waals surface area (Å²) in [7, 11) is 0. The van der Waals surface area contributed by atoms with Gasteiger partial charge in [0.1, 0.15) is 5.15 Å². The van der Waals surface area contributed by atoms with Crippen LogP contribution in [0.4, 0.5) is 5.69 Å². The minimum absolute atomic E-state index is 0. The van der Waals surface area contributed by atoms with Crippen molar-refractivity contribution >= 4 is 42.1 Å². The summed E-state index contributed by atoms with van der Waals surface area (Å²) < 4.78 is 0. The molecule has 1 aromatic heterocycles. The van der Waals surface area contributed by atoms with Crippen molar-refractivity contribution in [3.63, 3.8) is 0 Å². The van der Waals surface area contributed by atoms with E-state index in [1.165, 1.54) is 18.7 Å². The number of nitrogens with one attached hydrogen (secondary N) is 1. The first-order chi connectivity index (χ1) is 7.33. The van der Waals surface area contributed by atoms with E-state index >= 15 is 0 Å². The van der Waals surface area contributed by atoms with Crippen LogP contribution in [-0.2, 0) is 0 Å². The maximum absolute atomic E-state index is 5.77. The standard InChI is InChI=1S/C11H14ClN3.2ClH/c12-11-2-1-9(5-14-11)15-6-8-3-4-13-10(8)7-15;;/h1-2,5,8,10,13H,3-4,6-7H2;2*1H/t8-,10+;;/m1../s1. The predicted molar refractivity (Wildman–Crippen MR) is 75.9 cm³/mol. The second-order valence-electron chi connectivity index (χ2n) is 4.35. The summed E-state index contributed by atoms with van der Waals surface area (Å²) >= 11 is 5.77. The lowest BCUT2D eigenvalue weighted by Crippen LogP contribution is -2.30. The zero-order chi connectivity index (χ0) is 10.3. The van der Waals surface area contributed by atoms with E-state index in [2.05, 4.69) is 21.3 Å². The first-order valence-electron chi connectivity index (χ1n) is 5.43. The van der Waals surface area contributed by atoms with Crippen LogP contribution in [0.15, 0.2) is 18.3 Å². The zero-order valence-electron chi connectivity index (χ0n) is 9.30. The Bertz CT molecular complexity index is 345. The molecule has 1 N–H and O–H groups in total. The maximum atomic E-state index is 5.77. The highest BCUT2D eigenvalue weighted by molar-refractivity contribution is 6.29. The van der Waals surface area contributed by atoms with Crippen molar-refractivity contribution in [2.75, 3.05) is 24.5 Å². The molecule has 2 aliphatic rings. The molecule has 6 heteroatoms. The molecular formula is C11H16Cl3N3. The average Bonchev–Trinajstić information content (AvgIpc) is 2.78. The summed E-state index contributed by atoms with van der Waals surface area (Å²) in [6, 6.07) is 4.59. The van der Waals surface area contributed by atoms with Crippen LogP contribution >= 0.6 is 36.4 Å². The Morgan fingerprint density at radius 1 is 1.29 bits per heavy atom. The first kappa shape index (κ1) is 14.8. The van der Waals surface area contributed by atoms with Gasteiger partial charge in [-0.15, -0.1) is 24.8 Å². The van der Waals surface area contributed by atoms with E-state index in [0.717, 1.165) is 19.0 Å². The summed E-state index contributed by atoms with van der Waals surface area (Å²) in [6.07, 6.45) is 3.17. The highest BCUT2D eigenvalue weighted by Gasteiger charge is 2.35. The Hall–Kier alpha value is -0.220. The van der Waals surface area contributed by atoms with Gasteiger partial charge < -0.3 is 10.2 Å². The van der Waals surface area contributed by atoms with Crippen molar-refractivity contribution in [1.29, 1.82) is 0 Å².